The number of hydrogen-bond donors (Lipinski definition) is 5. The molecule has 1 aromatic heterocycles. The van der Waals surface area contributed by atoms with E-state index in [0.29, 0.717) is 0 Å². The summed E-state index contributed by atoms with van der Waals surface area (Å²) in [6.45, 7) is -1.35. The van der Waals surface area contributed by atoms with Crippen molar-refractivity contribution in [2.75, 3.05) is 6.61 Å². The third kappa shape index (κ3) is 7.17. The molecule has 2 rings (SSSR count). The van der Waals surface area contributed by atoms with E-state index in [9.17, 15) is 32.6 Å². The fraction of sp³-hybridized carbons (Fsp3) is 0.556. The topological polar surface area (TPSA) is 224 Å². The molecule has 29 heavy (non-hydrogen) atoms. The fourth-order valence-electron chi connectivity index (χ4n) is 2.16. The third-order valence-corrected chi connectivity index (χ3v) is 7.26. The predicted octanol–water partition coefficient (Wildman–Crippen LogP) is 0.508. The maximum absolute atomic E-state index is 14.7. The molecule has 2 unspecified atom stereocenters. The maximum Gasteiger partial charge on any atom is 0.490 e. The lowest BCUT2D eigenvalue weighted by Gasteiger charge is -2.23. The lowest BCUT2D eigenvalue weighted by Crippen LogP contribution is -2.34. The Hall–Kier alpha value is -0.730. The van der Waals surface area contributed by atoms with Crippen LogP contribution in [0.3, 0.4) is 0 Å². The molecule has 1 fully saturated rings. The van der Waals surface area contributed by atoms with E-state index < -0.39 is 64.9 Å². The molecule has 1 aliphatic rings. The highest BCUT2D eigenvalue weighted by Crippen LogP contribution is 2.66. The minimum Gasteiger partial charge on any atom is -0.320 e. The lowest BCUT2D eigenvalue weighted by atomic mass is 10.2. The second-order valence-corrected chi connectivity index (χ2v) is 10.3. The van der Waals surface area contributed by atoms with E-state index in [1.165, 1.54) is 0 Å². The first-order valence-corrected chi connectivity index (χ1v) is 12.1. The lowest BCUT2D eigenvalue weighted by molar-refractivity contribution is -0.175. The van der Waals surface area contributed by atoms with Crippen molar-refractivity contribution in [1.29, 1.82) is 0 Å². The molecule has 15 nitrogen and oxygen atoms in total. The van der Waals surface area contributed by atoms with Gasteiger partial charge in [0.25, 0.3) is 5.56 Å². The highest BCUT2D eigenvalue weighted by atomic mass is 35.5. The summed E-state index contributed by atoms with van der Waals surface area (Å²) in [5.74, 6) is -2.78. The first-order chi connectivity index (χ1) is 13.0. The summed E-state index contributed by atoms with van der Waals surface area (Å²) in [6.07, 6.45) is -1.05. The molecule has 0 saturated carbocycles. The first-order valence-electron chi connectivity index (χ1n) is 7.17. The zero-order valence-corrected chi connectivity index (χ0v) is 17.2. The molecular weight excluding hydrogens is 491 g/mol. The molecule has 0 aromatic carbocycles. The van der Waals surface area contributed by atoms with Crippen LogP contribution in [0.4, 0.5) is 4.39 Å². The minimum absolute atomic E-state index is 0.168. The summed E-state index contributed by atoms with van der Waals surface area (Å²) in [4.78, 5) is 60.0. The maximum atomic E-state index is 14.7. The van der Waals surface area contributed by atoms with Gasteiger partial charge in [-0.25, -0.2) is 22.9 Å². The summed E-state index contributed by atoms with van der Waals surface area (Å²) >= 11 is 5.58. The molecule has 0 spiro atoms. The molecule has 0 amide bonds. The highest BCUT2D eigenvalue weighted by Gasteiger charge is 2.46. The Bertz CT molecular complexity index is 1040. The van der Waals surface area contributed by atoms with Gasteiger partial charge in [0.2, 0.25) is 5.85 Å². The minimum atomic E-state index is -5.75. The number of hydrogen-bond acceptors (Lipinski definition) is 9. The molecule has 166 valence electrons. The van der Waals surface area contributed by atoms with Crippen LogP contribution >= 0.6 is 35.1 Å². The van der Waals surface area contributed by atoms with Crippen LogP contribution in [0.5, 0.6) is 0 Å². The SMILES string of the molecule is O=c1[nH]c(=O)n([C@H]2CC[C@@](F)(COP(=O)(O)OP(=O)(O)OP(=O)(O)O)O2)cc1Cl. The molecule has 0 radical (unpaired) electrons. The van der Waals surface area contributed by atoms with Crippen LogP contribution in [0.25, 0.3) is 0 Å². The second-order valence-electron chi connectivity index (χ2n) is 5.50. The molecule has 0 bridgehead atoms. The van der Waals surface area contributed by atoms with Crippen LogP contribution in [0.1, 0.15) is 19.1 Å². The predicted molar refractivity (Wildman–Crippen MR) is 89.3 cm³/mol. The van der Waals surface area contributed by atoms with E-state index in [-0.39, 0.29) is 6.42 Å². The van der Waals surface area contributed by atoms with E-state index in [2.05, 4.69) is 13.1 Å². The van der Waals surface area contributed by atoms with Crippen molar-refractivity contribution in [3.63, 3.8) is 0 Å². The van der Waals surface area contributed by atoms with E-state index in [0.717, 1.165) is 10.8 Å². The standard InChI is InChI=1S/C9H13ClFN2O13P3/c10-5-3-13(8(15)12-7(5)14)6-1-2-9(11,24-6)4-23-28(19,20)26-29(21,22)25-27(16,17)18/h3,6H,1-2,4H2,(H,19,20)(H,21,22)(H,12,14,15)(H2,16,17,18)/t6-,9+/m1/s1. The number of ether oxygens (including phenoxy) is 1. The van der Waals surface area contributed by atoms with Gasteiger partial charge in [-0.15, -0.1) is 0 Å². The summed E-state index contributed by atoms with van der Waals surface area (Å²) in [5, 5.41) is -0.391. The second kappa shape index (κ2) is 8.42. The van der Waals surface area contributed by atoms with Crippen LogP contribution in [-0.2, 0) is 31.6 Å². The normalized spacial score (nSPS) is 26.8. The highest BCUT2D eigenvalue weighted by molar-refractivity contribution is 7.66. The number of rotatable bonds is 8. The van der Waals surface area contributed by atoms with Crippen molar-refractivity contribution in [2.24, 2.45) is 0 Å². The van der Waals surface area contributed by atoms with Crippen LogP contribution < -0.4 is 11.2 Å². The smallest absolute Gasteiger partial charge is 0.320 e. The number of H-pyrrole nitrogens is 1. The number of phosphoric ester groups is 1. The summed E-state index contributed by atoms with van der Waals surface area (Å²) in [7, 11) is -16.9. The number of nitrogens with zero attached hydrogens (tertiary/aromatic N) is 1. The summed E-state index contributed by atoms with van der Waals surface area (Å²) in [6, 6.07) is 0. The molecule has 20 heteroatoms. The van der Waals surface area contributed by atoms with Gasteiger partial charge in [0.1, 0.15) is 17.9 Å². The molecule has 5 N–H and O–H groups in total. The van der Waals surface area contributed by atoms with Gasteiger partial charge in [-0.2, -0.15) is 8.62 Å². The van der Waals surface area contributed by atoms with Gasteiger partial charge >= 0.3 is 29.2 Å². The van der Waals surface area contributed by atoms with Crippen molar-refractivity contribution < 1.29 is 55.5 Å². The van der Waals surface area contributed by atoms with Gasteiger partial charge in [0, 0.05) is 12.6 Å². The summed E-state index contributed by atoms with van der Waals surface area (Å²) < 4.78 is 64.8. The Morgan fingerprint density at radius 3 is 2.45 bits per heavy atom. The van der Waals surface area contributed by atoms with Gasteiger partial charge in [0.05, 0.1) is 0 Å². The van der Waals surface area contributed by atoms with E-state index in [1.807, 2.05) is 4.98 Å². The molecule has 1 aliphatic heterocycles. The van der Waals surface area contributed by atoms with Crippen LogP contribution in [0.2, 0.25) is 5.02 Å². The average molecular weight is 505 g/mol. The molecule has 4 atom stereocenters. The van der Waals surface area contributed by atoms with Gasteiger partial charge in [-0.1, -0.05) is 11.6 Å². The Morgan fingerprint density at radius 2 is 1.86 bits per heavy atom. The van der Waals surface area contributed by atoms with Gasteiger partial charge in [-0.05, 0) is 6.42 Å². The van der Waals surface area contributed by atoms with Crippen molar-refractivity contribution >= 4 is 35.1 Å². The van der Waals surface area contributed by atoms with E-state index in [1.54, 1.807) is 0 Å². The zero-order valence-electron chi connectivity index (χ0n) is 13.8. The zero-order chi connectivity index (χ0) is 22.3. The Morgan fingerprint density at radius 1 is 1.24 bits per heavy atom. The largest absolute Gasteiger partial charge is 0.490 e. The molecule has 2 heterocycles. The number of alkyl halides is 1. The average Bonchev–Trinajstić information content (AvgIpc) is 2.88. The quantitative estimate of drug-likeness (QED) is 0.304. The first kappa shape index (κ1) is 24.5. The Labute approximate surface area is 164 Å². The van der Waals surface area contributed by atoms with Crippen molar-refractivity contribution in [3.05, 3.63) is 32.1 Å². The number of halogens is 2. The van der Waals surface area contributed by atoms with E-state index in [4.69, 9.17) is 31.0 Å². The van der Waals surface area contributed by atoms with Crippen LogP contribution in [-0.4, -0.2) is 41.6 Å². The van der Waals surface area contributed by atoms with E-state index >= 15 is 0 Å². The van der Waals surface area contributed by atoms with Gasteiger partial charge < -0.3 is 24.3 Å². The Balaban J connectivity index is 2.04. The number of aromatic amines is 1. The Kier molecular flexibility index (Phi) is 7.13. The van der Waals surface area contributed by atoms with Crippen molar-refractivity contribution in [2.45, 2.75) is 24.9 Å². The van der Waals surface area contributed by atoms with Crippen LogP contribution in [0.15, 0.2) is 15.8 Å². The van der Waals surface area contributed by atoms with Crippen molar-refractivity contribution in [1.82, 2.24) is 9.55 Å². The molecule has 0 aliphatic carbocycles. The monoisotopic (exact) mass is 504 g/mol. The van der Waals surface area contributed by atoms with Crippen LogP contribution in [0, 0.1) is 0 Å². The molecule has 1 aromatic rings. The fourth-order valence-corrected chi connectivity index (χ4v) is 5.36. The van der Waals surface area contributed by atoms with Gasteiger partial charge in [0.15, 0.2) is 0 Å². The molecule has 1 saturated heterocycles. The molecular formula is C9H13ClFN2O13P3. The third-order valence-electron chi connectivity index (χ3n) is 3.21. The number of aromatic nitrogens is 2. The number of phosphoric acid groups is 3. The van der Waals surface area contributed by atoms with Gasteiger partial charge in [-0.3, -0.25) is 18.9 Å². The number of nitrogens with one attached hydrogen (secondary N) is 1. The van der Waals surface area contributed by atoms with Crippen molar-refractivity contribution in [3.8, 4) is 0 Å². The summed E-state index contributed by atoms with van der Waals surface area (Å²) in [5.41, 5.74) is -1.85.